The van der Waals surface area contributed by atoms with E-state index in [1.807, 2.05) is 18.3 Å². The van der Waals surface area contributed by atoms with Crippen LogP contribution in [0.2, 0.25) is 0 Å². The summed E-state index contributed by atoms with van der Waals surface area (Å²) in [5, 5.41) is 0. The van der Waals surface area contributed by atoms with Crippen LogP contribution >= 0.6 is 15.9 Å². The molecule has 1 unspecified atom stereocenters. The molecule has 1 aromatic heterocycles. The molecule has 1 heterocycles. The molecule has 0 saturated heterocycles. The van der Waals surface area contributed by atoms with Gasteiger partial charge in [0.05, 0.1) is 0 Å². The third kappa shape index (κ3) is 2.34. The summed E-state index contributed by atoms with van der Waals surface area (Å²) in [6.45, 7) is 0. The number of pyridine rings is 1. The molecule has 3 heteroatoms. The number of hydrogen-bond donors (Lipinski definition) is 1. The minimum atomic E-state index is 0.303. The second kappa shape index (κ2) is 4.41. The molecule has 1 saturated carbocycles. The topological polar surface area (TPSA) is 38.9 Å². The Kier molecular flexibility index (Phi) is 3.19. The lowest BCUT2D eigenvalue weighted by Gasteiger charge is -2.31. The predicted octanol–water partition coefficient (Wildman–Crippen LogP) is 2.51. The third-order valence-corrected chi connectivity index (χ3v) is 3.46. The summed E-state index contributed by atoms with van der Waals surface area (Å²) >= 11 is 3.37. The van der Waals surface area contributed by atoms with E-state index in [2.05, 4.69) is 20.9 Å². The fraction of sp³-hybridized carbons (Fsp3) is 0.545. The van der Waals surface area contributed by atoms with Crippen LogP contribution in [0.5, 0.6) is 0 Å². The second-order valence-corrected chi connectivity index (χ2v) is 4.94. The van der Waals surface area contributed by atoms with Gasteiger partial charge in [0, 0.05) is 28.8 Å². The minimum Gasteiger partial charge on any atom is -0.327 e. The van der Waals surface area contributed by atoms with Crippen molar-refractivity contribution in [3.05, 3.63) is 28.5 Å². The van der Waals surface area contributed by atoms with E-state index in [1.165, 1.54) is 19.3 Å². The number of halogens is 1. The van der Waals surface area contributed by atoms with Crippen molar-refractivity contribution >= 4 is 15.9 Å². The molecule has 0 bridgehead atoms. The fourth-order valence-electron chi connectivity index (χ4n) is 1.80. The largest absolute Gasteiger partial charge is 0.327 e. The zero-order chi connectivity index (χ0) is 9.97. The summed E-state index contributed by atoms with van der Waals surface area (Å²) in [5.41, 5.74) is 7.20. The van der Waals surface area contributed by atoms with E-state index in [0.29, 0.717) is 6.04 Å². The molecule has 0 radical (unpaired) electrons. The van der Waals surface area contributed by atoms with Crippen LogP contribution < -0.4 is 5.73 Å². The van der Waals surface area contributed by atoms with E-state index < -0.39 is 0 Å². The highest BCUT2D eigenvalue weighted by Gasteiger charge is 2.24. The molecule has 0 aliphatic heterocycles. The van der Waals surface area contributed by atoms with E-state index in [4.69, 9.17) is 5.73 Å². The molecule has 1 aliphatic carbocycles. The maximum absolute atomic E-state index is 6.10. The van der Waals surface area contributed by atoms with Gasteiger partial charge in [-0.05, 0) is 46.8 Å². The highest BCUT2D eigenvalue weighted by Crippen LogP contribution is 2.29. The molecule has 1 aromatic rings. The van der Waals surface area contributed by atoms with Crippen LogP contribution in [0.15, 0.2) is 22.8 Å². The molecular formula is C11H15BrN2. The quantitative estimate of drug-likeness (QED) is 0.901. The van der Waals surface area contributed by atoms with E-state index >= 15 is 0 Å². The number of hydrogen-bond acceptors (Lipinski definition) is 2. The first-order valence-electron chi connectivity index (χ1n) is 5.12. The Morgan fingerprint density at radius 3 is 2.79 bits per heavy atom. The predicted molar refractivity (Wildman–Crippen MR) is 61.0 cm³/mol. The van der Waals surface area contributed by atoms with Gasteiger partial charge in [0.15, 0.2) is 0 Å². The number of rotatable bonds is 3. The van der Waals surface area contributed by atoms with Gasteiger partial charge in [0.1, 0.15) is 0 Å². The Bertz CT molecular complexity index is 293. The van der Waals surface area contributed by atoms with Gasteiger partial charge in [-0.2, -0.15) is 0 Å². The van der Waals surface area contributed by atoms with Crippen molar-refractivity contribution < 1.29 is 0 Å². The maximum Gasteiger partial charge on any atom is 0.0420 e. The van der Waals surface area contributed by atoms with Crippen molar-refractivity contribution in [1.29, 1.82) is 0 Å². The van der Waals surface area contributed by atoms with Crippen LogP contribution in [0, 0.1) is 5.92 Å². The molecule has 76 valence electrons. The zero-order valence-electron chi connectivity index (χ0n) is 8.12. The normalized spacial score (nSPS) is 19.0. The number of nitrogens with two attached hydrogens (primary N) is 1. The lowest BCUT2D eigenvalue weighted by molar-refractivity contribution is 0.259. The van der Waals surface area contributed by atoms with Crippen molar-refractivity contribution in [2.75, 3.05) is 0 Å². The summed E-state index contributed by atoms with van der Waals surface area (Å²) in [7, 11) is 0. The van der Waals surface area contributed by atoms with Crippen LogP contribution in [-0.2, 0) is 6.42 Å². The van der Waals surface area contributed by atoms with Crippen molar-refractivity contribution in [1.82, 2.24) is 4.98 Å². The second-order valence-electron chi connectivity index (χ2n) is 4.03. The SMILES string of the molecule is NC(Cc1ccc(Br)cn1)C1CCC1. The molecule has 14 heavy (non-hydrogen) atoms. The molecular weight excluding hydrogens is 240 g/mol. The van der Waals surface area contributed by atoms with Crippen molar-refractivity contribution in [2.24, 2.45) is 11.7 Å². The van der Waals surface area contributed by atoms with Crippen LogP contribution in [0.3, 0.4) is 0 Å². The van der Waals surface area contributed by atoms with Gasteiger partial charge in [-0.15, -0.1) is 0 Å². The van der Waals surface area contributed by atoms with E-state index in [9.17, 15) is 0 Å². The Morgan fingerprint density at radius 2 is 2.29 bits per heavy atom. The molecule has 0 amide bonds. The Hall–Kier alpha value is -0.410. The van der Waals surface area contributed by atoms with Gasteiger partial charge in [0.2, 0.25) is 0 Å². The number of nitrogens with zero attached hydrogens (tertiary/aromatic N) is 1. The molecule has 2 nitrogen and oxygen atoms in total. The van der Waals surface area contributed by atoms with Crippen molar-refractivity contribution in [2.45, 2.75) is 31.7 Å². The van der Waals surface area contributed by atoms with E-state index in [0.717, 1.165) is 22.5 Å². The smallest absolute Gasteiger partial charge is 0.0420 e. The summed E-state index contributed by atoms with van der Waals surface area (Å²) in [5.74, 6) is 0.737. The van der Waals surface area contributed by atoms with Crippen LogP contribution in [0.1, 0.15) is 25.0 Å². The molecule has 2 rings (SSSR count). The average Bonchev–Trinajstić information content (AvgIpc) is 2.06. The zero-order valence-corrected chi connectivity index (χ0v) is 9.70. The maximum atomic E-state index is 6.10. The average molecular weight is 255 g/mol. The van der Waals surface area contributed by atoms with Gasteiger partial charge < -0.3 is 5.73 Å². The summed E-state index contributed by atoms with van der Waals surface area (Å²) in [6, 6.07) is 4.37. The molecule has 2 N–H and O–H groups in total. The lowest BCUT2D eigenvalue weighted by Crippen LogP contribution is -2.36. The van der Waals surface area contributed by atoms with Gasteiger partial charge in [0.25, 0.3) is 0 Å². The standard InChI is InChI=1S/C11H15BrN2/c12-9-4-5-10(14-7-9)6-11(13)8-2-1-3-8/h4-5,7-8,11H,1-3,6,13H2. The van der Waals surface area contributed by atoms with Crippen molar-refractivity contribution in [3.8, 4) is 0 Å². The van der Waals surface area contributed by atoms with Crippen LogP contribution in [0.4, 0.5) is 0 Å². The molecule has 1 fully saturated rings. The molecule has 0 aromatic carbocycles. The third-order valence-electron chi connectivity index (χ3n) is 2.99. The summed E-state index contributed by atoms with van der Waals surface area (Å²) < 4.78 is 1.03. The number of aromatic nitrogens is 1. The van der Waals surface area contributed by atoms with E-state index in [1.54, 1.807) is 0 Å². The molecule has 1 atom stereocenters. The first-order chi connectivity index (χ1) is 6.75. The van der Waals surface area contributed by atoms with Gasteiger partial charge in [-0.1, -0.05) is 6.42 Å². The van der Waals surface area contributed by atoms with Gasteiger partial charge in [-0.3, -0.25) is 4.98 Å². The molecule has 1 aliphatic rings. The minimum absolute atomic E-state index is 0.303. The Balaban J connectivity index is 1.92. The van der Waals surface area contributed by atoms with Gasteiger partial charge >= 0.3 is 0 Å². The monoisotopic (exact) mass is 254 g/mol. The first kappa shape index (κ1) is 10.1. The highest BCUT2D eigenvalue weighted by atomic mass is 79.9. The Morgan fingerprint density at radius 1 is 1.50 bits per heavy atom. The summed E-state index contributed by atoms with van der Waals surface area (Å²) in [6.07, 6.45) is 6.71. The first-order valence-corrected chi connectivity index (χ1v) is 5.91. The summed E-state index contributed by atoms with van der Waals surface area (Å²) in [4.78, 5) is 4.33. The molecule has 0 spiro atoms. The highest BCUT2D eigenvalue weighted by molar-refractivity contribution is 9.10. The van der Waals surface area contributed by atoms with Crippen LogP contribution in [0.25, 0.3) is 0 Å². The van der Waals surface area contributed by atoms with Crippen molar-refractivity contribution in [3.63, 3.8) is 0 Å². The lowest BCUT2D eigenvalue weighted by atomic mass is 9.78. The fourth-order valence-corrected chi connectivity index (χ4v) is 2.04. The van der Waals surface area contributed by atoms with E-state index in [-0.39, 0.29) is 0 Å². The van der Waals surface area contributed by atoms with Crippen LogP contribution in [-0.4, -0.2) is 11.0 Å². The Labute approximate surface area is 93.0 Å². The van der Waals surface area contributed by atoms with Gasteiger partial charge in [-0.25, -0.2) is 0 Å².